The molecule has 5 heteroatoms. The summed E-state index contributed by atoms with van der Waals surface area (Å²) in [6, 6.07) is 14.3. The molecule has 1 amide bonds. The van der Waals surface area contributed by atoms with E-state index >= 15 is 0 Å². The Morgan fingerprint density at radius 2 is 1.95 bits per heavy atom. The Morgan fingerprint density at radius 1 is 1.23 bits per heavy atom. The lowest BCUT2D eigenvalue weighted by molar-refractivity contribution is -0.120. The molecule has 22 heavy (non-hydrogen) atoms. The van der Waals surface area contributed by atoms with Gasteiger partial charge in [0.2, 0.25) is 5.91 Å². The number of benzene rings is 2. The van der Waals surface area contributed by atoms with Crippen molar-refractivity contribution in [2.24, 2.45) is 0 Å². The number of aliphatic hydroxyl groups excluding tert-OH is 1. The van der Waals surface area contributed by atoms with Crippen LogP contribution in [0.5, 0.6) is 5.75 Å². The first-order valence-electron chi connectivity index (χ1n) is 7.11. The number of para-hydroxylation sites is 2. The van der Waals surface area contributed by atoms with Crippen LogP contribution in [0, 0.1) is 0 Å². The number of ether oxygens (including phenoxy) is 1. The summed E-state index contributed by atoms with van der Waals surface area (Å²) in [5.41, 5.74) is 1.43. The van der Waals surface area contributed by atoms with E-state index in [4.69, 9.17) is 16.3 Å². The maximum Gasteiger partial charge on any atom is 0.230 e. The van der Waals surface area contributed by atoms with Crippen molar-refractivity contribution in [1.29, 1.82) is 0 Å². The highest BCUT2D eigenvalue weighted by molar-refractivity contribution is 6.30. The Kier molecular flexibility index (Phi) is 4.32. The van der Waals surface area contributed by atoms with Crippen molar-refractivity contribution in [3.63, 3.8) is 0 Å². The van der Waals surface area contributed by atoms with Gasteiger partial charge >= 0.3 is 0 Å². The van der Waals surface area contributed by atoms with Crippen LogP contribution in [0.3, 0.4) is 0 Å². The summed E-state index contributed by atoms with van der Waals surface area (Å²) in [4.78, 5) is 14.2. The second kappa shape index (κ2) is 6.38. The number of carbonyl (C=O) groups is 1. The van der Waals surface area contributed by atoms with E-state index in [1.165, 1.54) is 0 Å². The molecule has 1 heterocycles. The minimum atomic E-state index is -0.847. The summed E-state index contributed by atoms with van der Waals surface area (Å²) in [6.45, 7) is 0.947. The smallest absolute Gasteiger partial charge is 0.230 e. The molecule has 1 aliphatic heterocycles. The molecule has 1 aliphatic rings. The molecule has 4 nitrogen and oxygen atoms in total. The van der Waals surface area contributed by atoms with Crippen molar-refractivity contribution in [3.8, 4) is 5.75 Å². The van der Waals surface area contributed by atoms with Gasteiger partial charge in [-0.1, -0.05) is 35.9 Å². The number of amides is 1. The van der Waals surface area contributed by atoms with Crippen LogP contribution in [0.15, 0.2) is 48.5 Å². The number of nitrogens with zero attached hydrogens (tertiary/aromatic N) is 1. The van der Waals surface area contributed by atoms with Crippen LogP contribution in [0.2, 0.25) is 5.02 Å². The summed E-state index contributed by atoms with van der Waals surface area (Å²) < 4.78 is 5.54. The Morgan fingerprint density at radius 3 is 2.73 bits per heavy atom. The third-order valence-electron chi connectivity index (χ3n) is 3.65. The fraction of sp³-hybridized carbons (Fsp3) is 0.235. The molecular weight excluding hydrogens is 302 g/mol. The lowest BCUT2D eigenvalue weighted by atomic mass is 10.1. The number of halogens is 1. The monoisotopic (exact) mass is 317 g/mol. The quantitative estimate of drug-likeness (QED) is 0.946. The second-order valence-corrected chi connectivity index (χ2v) is 5.57. The molecule has 0 radical (unpaired) electrons. The van der Waals surface area contributed by atoms with Crippen molar-refractivity contribution in [2.75, 3.05) is 18.1 Å². The lowest BCUT2D eigenvalue weighted by Gasteiger charge is -2.30. The van der Waals surface area contributed by atoms with Crippen LogP contribution >= 0.6 is 11.6 Å². The molecule has 0 fully saturated rings. The minimum Gasteiger partial charge on any atom is -0.490 e. The lowest BCUT2D eigenvalue weighted by Crippen LogP contribution is -2.38. The van der Waals surface area contributed by atoms with E-state index in [-0.39, 0.29) is 12.3 Å². The van der Waals surface area contributed by atoms with Gasteiger partial charge in [0, 0.05) is 5.02 Å². The molecule has 3 rings (SSSR count). The third kappa shape index (κ3) is 3.08. The minimum absolute atomic E-state index is 0.0238. The molecule has 0 saturated carbocycles. The Bertz CT molecular complexity index is 672. The first-order valence-corrected chi connectivity index (χ1v) is 7.48. The summed E-state index contributed by atoms with van der Waals surface area (Å²) in [6.07, 6.45) is -0.824. The topological polar surface area (TPSA) is 49.8 Å². The molecule has 2 aromatic rings. The maximum absolute atomic E-state index is 12.5. The van der Waals surface area contributed by atoms with Gasteiger partial charge in [-0.15, -0.1) is 0 Å². The predicted octanol–water partition coefficient (Wildman–Crippen LogP) is 3.19. The van der Waals surface area contributed by atoms with E-state index in [1.54, 1.807) is 29.2 Å². The van der Waals surface area contributed by atoms with Gasteiger partial charge in [0.1, 0.15) is 12.4 Å². The molecule has 0 spiro atoms. The van der Waals surface area contributed by atoms with E-state index in [0.29, 0.717) is 29.5 Å². The molecule has 1 N–H and O–H groups in total. The molecule has 0 saturated heterocycles. The van der Waals surface area contributed by atoms with E-state index in [1.807, 2.05) is 24.3 Å². The normalized spacial score (nSPS) is 14.9. The molecule has 0 aliphatic carbocycles. The number of hydrogen-bond acceptors (Lipinski definition) is 3. The van der Waals surface area contributed by atoms with Crippen LogP contribution in [-0.4, -0.2) is 24.2 Å². The van der Waals surface area contributed by atoms with Crippen LogP contribution in [0.4, 0.5) is 5.69 Å². The number of rotatable bonds is 3. The zero-order chi connectivity index (χ0) is 15.5. The standard InChI is InChI=1S/C17H16ClNO3/c18-13-7-5-12(6-8-13)15(20)11-17(21)19-9-10-22-16-4-2-1-3-14(16)19/h1-8,15,20H,9-11H2. The molecule has 114 valence electrons. The van der Waals surface area contributed by atoms with E-state index in [0.717, 1.165) is 5.69 Å². The summed E-state index contributed by atoms with van der Waals surface area (Å²) >= 11 is 5.83. The van der Waals surface area contributed by atoms with Crippen LogP contribution in [0.25, 0.3) is 0 Å². The largest absolute Gasteiger partial charge is 0.490 e. The molecule has 1 unspecified atom stereocenters. The van der Waals surface area contributed by atoms with Crippen LogP contribution < -0.4 is 9.64 Å². The summed E-state index contributed by atoms with van der Waals surface area (Å²) in [5.74, 6) is 0.571. The Balaban J connectivity index is 1.74. The average molecular weight is 318 g/mol. The highest BCUT2D eigenvalue weighted by atomic mass is 35.5. The van der Waals surface area contributed by atoms with Crippen LogP contribution in [0.1, 0.15) is 18.1 Å². The van der Waals surface area contributed by atoms with Crippen molar-refractivity contribution in [2.45, 2.75) is 12.5 Å². The summed E-state index contributed by atoms with van der Waals surface area (Å²) in [7, 11) is 0. The third-order valence-corrected chi connectivity index (χ3v) is 3.90. The van der Waals surface area contributed by atoms with Crippen molar-refractivity contribution < 1.29 is 14.6 Å². The zero-order valence-corrected chi connectivity index (χ0v) is 12.7. The van der Waals surface area contributed by atoms with Gasteiger partial charge in [0.05, 0.1) is 24.8 Å². The highest BCUT2D eigenvalue weighted by Gasteiger charge is 2.25. The second-order valence-electron chi connectivity index (χ2n) is 5.13. The van der Waals surface area contributed by atoms with Crippen molar-refractivity contribution >= 4 is 23.2 Å². The van der Waals surface area contributed by atoms with Gasteiger partial charge in [-0.25, -0.2) is 0 Å². The first kappa shape index (κ1) is 14.9. The molecule has 2 aromatic carbocycles. The van der Waals surface area contributed by atoms with Gasteiger partial charge in [-0.3, -0.25) is 4.79 Å². The molecule has 1 atom stereocenters. The van der Waals surface area contributed by atoms with Crippen molar-refractivity contribution in [1.82, 2.24) is 0 Å². The zero-order valence-electron chi connectivity index (χ0n) is 11.9. The molecule has 0 bridgehead atoms. The number of anilines is 1. The van der Waals surface area contributed by atoms with E-state index in [9.17, 15) is 9.90 Å². The average Bonchev–Trinajstić information content (AvgIpc) is 2.54. The van der Waals surface area contributed by atoms with Gasteiger partial charge in [-0.2, -0.15) is 0 Å². The maximum atomic E-state index is 12.5. The number of carbonyl (C=O) groups excluding carboxylic acids is 1. The number of hydrogen-bond donors (Lipinski definition) is 1. The fourth-order valence-corrected chi connectivity index (χ4v) is 2.63. The fourth-order valence-electron chi connectivity index (χ4n) is 2.51. The Labute approximate surface area is 133 Å². The molecule has 0 aromatic heterocycles. The number of aliphatic hydroxyl groups is 1. The SMILES string of the molecule is O=C(CC(O)c1ccc(Cl)cc1)N1CCOc2ccccc21. The molecular formula is C17H16ClNO3. The summed E-state index contributed by atoms with van der Waals surface area (Å²) in [5, 5.41) is 10.8. The van der Waals surface area contributed by atoms with Gasteiger partial charge in [-0.05, 0) is 29.8 Å². The predicted molar refractivity (Wildman–Crippen MR) is 85.3 cm³/mol. The first-order chi connectivity index (χ1) is 10.6. The van der Waals surface area contributed by atoms with E-state index < -0.39 is 6.10 Å². The number of fused-ring (bicyclic) bond motifs is 1. The van der Waals surface area contributed by atoms with E-state index in [2.05, 4.69) is 0 Å². The Hall–Kier alpha value is -2.04. The van der Waals surface area contributed by atoms with Crippen LogP contribution in [-0.2, 0) is 4.79 Å². The highest BCUT2D eigenvalue weighted by Crippen LogP contribution is 2.32. The van der Waals surface area contributed by atoms with Crippen molar-refractivity contribution in [3.05, 3.63) is 59.1 Å². The van der Waals surface area contributed by atoms with Gasteiger partial charge in [0.15, 0.2) is 0 Å². The van der Waals surface area contributed by atoms with Gasteiger partial charge in [0.25, 0.3) is 0 Å². The van der Waals surface area contributed by atoms with Gasteiger partial charge < -0.3 is 14.7 Å².